The third-order valence-electron chi connectivity index (χ3n) is 3.83. The first-order valence-corrected chi connectivity index (χ1v) is 8.16. The van der Waals surface area contributed by atoms with Gasteiger partial charge in [0.2, 0.25) is 0 Å². The topological polar surface area (TPSA) is 67.8 Å². The molecule has 2 aromatic rings. The molecular formula is C19H15F4NO4. The number of allylic oxidation sites excluding steroid dienone is 1. The van der Waals surface area contributed by atoms with Crippen molar-refractivity contribution in [2.24, 2.45) is 0 Å². The molecule has 0 saturated heterocycles. The van der Waals surface area contributed by atoms with Gasteiger partial charge >= 0.3 is 6.18 Å². The third-order valence-corrected chi connectivity index (χ3v) is 3.83. The van der Waals surface area contributed by atoms with Crippen molar-refractivity contribution in [1.82, 2.24) is 0 Å². The van der Waals surface area contributed by atoms with Crippen molar-refractivity contribution in [2.75, 3.05) is 18.5 Å². The molecule has 1 unspecified atom stereocenters. The van der Waals surface area contributed by atoms with E-state index in [1.807, 2.05) is 0 Å². The van der Waals surface area contributed by atoms with Gasteiger partial charge in [0.1, 0.15) is 12.4 Å². The normalized spacial score (nSPS) is 16.2. The highest BCUT2D eigenvalue weighted by molar-refractivity contribution is 6.04. The number of hydrogen-bond acceptors (Lipinski definition) is 4. The van der Waals surface area contributed by atoms with Crippen molar-refractivity contribution >= 4 is 17.7 Å². The Labute approximate surface area is 157 Å². The van der Waals surface area contributed by atoms with E-state index in [2.05, 4.69) is 5.32 Å². The van der Waals surface area contributed by atoms with Crippen LogP contribution in [0, 0.1) is 5.82 Å². The van der Waals surface area contributed by atoms with Gasteiger partial charge in [-0.15, -0.1) is 0 Å². The van der Waals surface area contributed by atoms with Gasteiger partial charge in [-0.2, -0.15) is 13.2 Å². The predicted octanol–water partition coefficient (Wildman–Crippen LogP) is 3.79. The zero-order chi connectivity index (χ0) is 20.3. The van der Waals surface area contributed by atoms with Crippen molar-refractivity contribution in [3.05, 3.63) is 59.4 Å². The Balaban J connectivity index is 1.72. The summed E-state index contributed by atoms with van der Waals surface area (Å²) in [5.74, 6) is -0.968. The summed E-state index contributed by atoms with van der Waals surface area (Å²) in [6.07, 6.45) is -4.29. The van der Waals surface area contributed by atoms with Crippen LogP contribution in [0.3, 0.4) is 0 Å². The molecule has 0 spiro atoms. The first kappa shape index (κ1) is 19.7. The van der Waals surface area contributed by atoms with Crippen molar-refractivity contribution in [3.8, 4) is 11.5 Å². The number of alkyl halides is 3. The second-order valence-corrected chi connectivity index (χ2v) is 5.96. The molecule has 2 N–H and O–H groups in total. The molecule has 0 aromatic heterocycles. The molecule has 0 radical (unpaired) electrons. The number of aliphatic hydroxyl groups is 1. The number of halogens is 4. The van der Waals surface area contributed by atoms with Crippen LogP contribution < -0.4 is 14.8 Å². The van der Waals surface area contributed by atoms with Crippen LogP contribution in [0.15, 0.2) is 42.5 Å². The van der Waals surface area contributed by atoms with E-state index in [-0.39, 0.29) is 30.4 Å². The molecule has 28 heavy (non-hydrogen) atoms. The first-order valence-electron chi connectivity index (χ1n) is 8.16. The number of ether oxygens (including phenoxy) is 2. The fraction of sp³-hybridized carbons (Fsp3) is 0.211. The second kappa shape index (κ2) is 7.89. The summed E-state index contributed by atoms with van der Waals surface area (Å²) < 4.78 is 61.6. The predicted molar refractivity (Wildman–Crippen MR) is 92.9 cm³/mol. The molecule has 1 heterocycles. The molecule has 148 valence electrons. The summed E-state index contributed by atoms with van der Waals surface area (Å²) in [4.78, 5) is 12.3. The van der Waals surface area contributed by atoms with E-state index in [9.17, 15) is 22.4 Å². The number of carbonyl (C=O) groups is 1. The summed E-state index contributed by atoms with van der Waals surface area (Å²) in [6, 6.07) is 7.69. The number of aliphatic hydroxyl groups excluding tert-OH is 1. The monoisotopic (exact) mass is 397 g/mol. The lowest BCUT2D eigenvalue weighted by Crippen LogP contribution is -2.32. The third kappa shape index (κ3) is 4.80. The van der Waals surface area contributed by atoms with Crippen LogP contribution in [-0.2, 0) is 0 Å². The number of amides is 1. The lowest BCUT2D eigenvalue weighted by atomic mass is 10.1. The van der Waals surface area contributed by atoms with Gasteiger partial charge in [0.05, 0.1) is 12.2 Å². The number of fused-ring (bicyclic) bond motifs is 1. The van der Waals surface area contributed by atoms with Crippen LogP contribution in [0.2, 0.25) is 0 Å². The van der Waals surface area contributed by atoms with E-state index < -0.39 is 24.0 Å². The lowest BCUT2D eigenvalue weighted by Gasteiger charge is -2.25. The summed E-state index contributed by atoms with van der Waals surface area (Å²) in [7, 11) is 0. The van der Waals surface area contributed by atoms with Crippen LogP contribution in [0.4, 0.5) is 23.2 Å². The highest BCUT2D eigenvalue weighted by Gasteiger charge is 2.23. The van der Waals surface area contributed by atoms with Gasteiger partial charge in [0.25, 0.3) is 5.91 Å². The Morgan fingerprint density at radius 3 is 2.68 bits per heavy atom. The summed E-state index contributed by atoms with van der Waals surface area (Å²) in [6.45, 7) is -0.0617. The Morgan fingerprint density at radius 1 is 1.21 bits per heavy atom. The highest BCUT2D eigenvalue weighted by Crippen LogP contribution is 2.34. The van der Waals surface area contributed by atoms with E-state index in [1.165, 1.54) is 24.3 Å². The number of anilines is 1. The van der Waals surface area contributed by atoms with E-state index >= 15 is 0 Å². The van der Waals surface area contributed by atoms with Crippen LogP contribution in [0.25, 0.3) is 6.08 Å². The largest absolute Gasteiger partial charge is 0.486 e. The number of hydrogen-bond donors (Lipinski definition) is 2. The second-order valence-electron chi connectivity index (χ2n) is 5.96. The van der Waals surface area contributed by atoms with Gasteiger partial charge in [-0.3, -0.25) is 4.79 Å². The fourth-order valence-corrected chi connectivity index (χ4v) is 2.49. The number of benzene rings is 2. The molecule has 1 aliphatic heterocycles. The molecular weight excluding hydrogens is 382 g/mol. The minimum Gasteiger partial charge on any atom is -0.486 e. The maximum absolute atomic E-state index is 14.1. The standard InChI is InChI=1S/C19H15F4NO4/c20-15-7-11(5-6-19(21,22)23)1-3-14(15)18(26)24-12-2-4-16-17(8-12)27-10-13(9-25)28-16/h1-8,13,25H,9-10H2,(H,24,26). The molecule has 2 aromatic carbocycles. The van der Waals surface area contributed by atoms with Crippen LogP contribution in [-0.4, -0.2) is 36.5 Å². The molecule has 9 heteroatoms. The average Bonchev–Trinajstić information content (AvgIpc) is 2.65. The molecule has 3 rings (SSSR count). The van der Waals surface area contributed by atoms with Crippen LogP contribution >= 0.6 is 0 Å². The molecule has 0 aliphatic carbocycles. The number of rotatable bonds is 4. The van der Waals surface area contributed by atoms with E-state index in [1.54, 1.807) is 0 Å². The molecule has 0 fully saturated rings. The van der Waals surface area contributed by atoms with Crippen LogP contribution in [0.1, 0.15) is 15.9 Å². The zero-order valence-electron chi connectivity index (χ0n) is 14.3. The van der Waals surface area contributed by atoms with Crippen molar-refractivity contribution in [2.45, 2.75) is 12.3 Å². The number of carbonyl (C=O) groups excluding carboxylic acids is 1. The summed E-state index contributed by atoms with van der Waals surface area (Å²) in [5.41, 5.74) is -0.0289. The maximum atomic E-state index is 14.1. The van der Waals surface area contributed by atoms with Gasteiger partial charge in [-0.05, 0) is 35.9 Å². The van der Waals surface area contributed by atoms with E-state index in [4.69, 9.17) is 14.6 Å². The molecule has 0 saturated carbocycles. The molecule has 1 aliphatic rings. The van der Waals surface area contributed by atoms with Gasteiger partial charge in [-0.1, -0.05) is 6.07 Å². The minimum absolute atomic E-state index is 0.0158. The fourth-order valence-electron chi connectivity index (χ4n) is 2.49. The minimum atomic E-state index is -4.51. The molecule has 0 bridgehead atoms. The number of nitrogens with one attached hydrogen (secondary N) is 1. The van der Waals surface area contributed by atoms with Crippen LogP contribution in [0.5, 0.6) is 11.5 Å². The average molecular weight is 397 g/mol. The zero-order valence-corrected chi connectivity index (χ0v) is 14.3. The molecule has 1 atom stereocenters. The van der Waals surface area contributed by atoms with Gasteiger partial charge in [0, 0.05) is 17.8 Å². The van der Waals surface area contributed by atoms with Crippen molar-refractivity contribution in [1.29, 1.82) is 0 Å². The lowest BCUT2D eigenvalue weighted by molar-refractivity contribution is -0.0790. The Kier molecular flexibility index (Phi) is 5.55. The summed E-state index contributed by atoms with van der Waals surface area (Å²) in [5, 5.41) is 11.6. The van der Waals surface area contributed by atoms with Gasteiger partial charge in [0.15, 0.2) is 17.6 Å². The van der Waals surface area contributed by atoms with Gasteiger partial charge in [-0.25, -0.2) is 4.39 Å². The maximum Gasteiger partial charge on any atom is 0.409 e. The van der Waals surface area contributed by atoms with Gasteiger partial charge < -0.3 is 19.9 Å². The van der Waals surface area contributed by atoms with Crippen molar-refractivity contribution < 1.29 is 36.9 Å². The molecule has 5 nitrogen and oxygen atoms in total. The first-order chi connectivity index (χ1) is 13.2. The smallest absolute Gasteiger partial charge is 0.409 e. The Hall–Kier alpha value is -3.07. The van der Waals surface area contributed by atoms with E-state index in [0.29, 0.717) is 23.3 Å². The quantitative estimate of drug-likeness (QED) is 0.771. The Bertz CT molecular complexity index is 911. The molecule has 1 amide bonds. The van der Waals surface area contributed by atoms with Crippen molar-refractivity contribution in [3.63, 3.8) is 0 Å². The van der Waals surface area contributed by atoms with E-state index in [0.717, 1.165) is 12.1 Å². The highest BCUT2D eigenvalue weighted by atomic mass is 19.4. The Morgan fingerprint density at radius 2 is 2.00 bits per heavy atom. The SMILES string of the molecule is O=C(Nc1ccc2c(c1)OCC(CO)O2)c1ccc(C=CC(F)(F)F)cc1F. The summed E-state index contributed by atoms with van der Waals surface area (Å²) >= 11 is 0.